The van der Waals surface area contributed by atoms with Gasteiger partial charge in [0, 0.05) is 28.5 Å². The molecule has 2 heterocycles. The molecule has 14 nitrogen and oxygen atoms in total. The molecular formula is C20H29IN8O6. The molecule has 0 unspecified atom stereocenters. The van der Waals surface area contributed by atoms with Gasteiger partial charge < -0.3 is 9.47 Å². The second-order valence-electron chi connectivity index (χ2n) is 7.60. The molecule has 35 heavy (non-hydrogen) atoms. The molecular weight excluding hydrogens is 575 g/mol. The summed E-state index contributed by atoms with van der Waals surface area (Å²) >= 11 is 2.53. The molecule has 0 spiro atoms. The number of aromatic amines is 1. The molecule has 0 aliphatic heterocycles. The summed E-state index contributed by atoms with van der Waals surface area (Å²) in [6.45, 7) is 0. The first-order chi connectivity index (χ1) is 16.8. The van der Waals surface area contributed by atoms with Crippen molar-refractivity contribution in [1.29, 1.82) is 0 Å². The molecule has 0 saturated heterocycles. The Morgan fingerprint density at radius 1 is 0.886 bits per heavy atom. The van der Waals surface area contributed by atoms with Crippen LogP contribution >= 0.6 is 22.6 Å². The number of carbonyl (C=O) groups excluding carboxylic acids is 2. The summed E-state index contributed by atoms with van der Waals surface area (Å²) < 4.78 is 13.0. The van der Waals surface area contributed by atoms with Crippen molar-refractivity contribution in [3.05, 3.63) is 33.1 Å². The maximum absolute atomic E-state index is 11.9. The Morgan fingerprint density at radius 2 is 1.43 bits per heavy atom. The van der Waals surface area contributed by atoms with E-state index in [2.05, 4.69) is 58.0 Å². The van der Waals surface area contributed by atoms with Gasteiger partial charge in [-0.05, 0) is 46.5 Å². The van der Waals surface area contributed by atoms with Crippen molar-refractivity contribution in [2.75, 3.05) is 14.2 Å². The third-order valence-corrected chi connectivity index (χ3v) is 6.43. The molecule has 1 N–H and O–H groups in total. The summed E-state index contributed by atoms with van der Waals surface area (Å²) in [6.07, 6.45) is 14.6. The quantitative estimate of drug-likeness (QED) is 0.226. The number of hydrogen-bond acceptors (Lipinski definition) is 10. The van der Waals surface area contributed by atoms with E-state index in [0.717, 1.165) is 57.3 Å². The lowest BCUT2D eigenvalue weighted by Crippen LogP contribution is -2.25. The number of nitrogens with zero attached hydrogens (tertiary/aromatic N) is 7. The molecule has 2 aromatic heterocycles. The predicted molar refractivity (Wildman–Crippen MR) is 133 cm³/mol. The van der Waals surface area contributed by atoms with Gasteiger partial charge in [0.25, 0.3) is 0 Å². The fraction of sp³-hybridized carbons (Fsp3) is 0.600. The number of halogens is 1. The van der Waals surface area contributed by atoms with Crippen LogP contribution in [-0.2, 0) is 19.1 Å². The van der Waals surface area contributed by atoms with Gasteiger partial charge in [-0.3, -0.25) is 0 Å². The van der Waals surface area contributed by atoms with Crippen LogP contribution in [0.5, 0.6) is 0 Å². The highest BCUT2D eigenvalue weighted by molar-refractivity contribution is 14.1. The van der Waals surface area contributed by atoms with E-state index >= 15 is 0 Å². The van der Waals surface area contributed by atoms with E-state index in [1.807, 2.05) is 0 Å². The molecule has 0 bridgehead atoms. The number of carbonyl (C=O) groups is 2. The standard InChI is InChI=1S/C10H14N4O3.C5H9I.C5H6N4O3/c1-17-9(15)6-7-13-10(16)14(12-11-13)8-4-2-3-5-8;6-5-3-1-2-4-5;1-12-4(10)2-3-9-5(11)6-7-8-9/h6-8H,2-5H2,1H3;5H,1-4H2;2-3H,1H3,(H,6,8,11)/b7-6+;;3-2+. The molecule has 2 saturated carbocycles. The lowest BCUT2D eigenvalue weighted by molar-refractivity contribution is -0.135. The largest absolute Gasteiger partial charge is 0.466 e. The van der Waals surface area contributed by atoms with Crippen LogP contribution in [0.3, 0.4) is 0 Å². The average molecular weight is 604 g/mol. The van der Waals surface area contributed by atoms with Crippen LogP contribution in [0.15, 0.2) is 21.7 Å². The van der Waals surface area contributed by atoms with Gasteiger partial charge in [0.2, 0.25) is 0 Å². The minimum Gasteiger partial charge on any atom is -0.466 e. The minimum atomic E-state index is -0.565. The van der Waals surface area contributed by atoms with Crippen molar-refractivity contribution < 1.29 is 19.1 Å². The highest BCUT2D eigenvalue weighted by Gasteiger charge is 2.21. The molecule has 2 aromatic rings. The maximum Gasteiger partial charge on any atom is 0.368 e. The number of ether oxygens (including phenoxy) is 2. The molecule has 4 rings (SSSR count). The van der Waals surface area contributed by atoms with E-state index in [1.54, 1.807) is 0 Å². The number of hydrogen-bond donors (Lipinski definition) is 1. The van der Waals surface area contributed by atoms with Crippen molar-refractivity contribution in [2.24, 2.45) is 0 Å². The Morgan fingerprint density at radius 3 is 1.89 bits per heavy atom. The summed E-state index contributed by atoms with van der Waals surface area (Å²) in [5.74, 6) is -1.10. The van der Waals surface area contributed by atoms with Gasteiger partial charge in [-0.2, -0.15) is 14.0 Å². The van der Waals surface area contributed by atoms with Crippen LogP contribution in [0.4, 0.5) is 0 Å². The summed E-state index contributed by atoms with van der Waals surface area (Å²) in [7, 11) is 2.50. The van der Waals surface area contributed by atoms with Gasteiger partial charge in [0.15, 0.2) is 0 Å². The van der Waals surface area contributed by atoms with Gasteiger partial charge in [-0.15, -0.1) is 0 Å². The smallest absolute Gasteiger partial charge is 0.368 e. The zero-order chi connectivity index (χ0) is 25.6. The number of methoxy groups -OCH3 is 2. The Bertz CT molecular complexity index is 1110. The lowest BCUT2D eigenvalue weighted by Gasteiger charge is -2.04. The van der Waals surface area contributed by atoms with Gasteiger partial charge in [0.05, 0.1) is 20.3 Å². The fourth-order valence-electron chi connectivity index (χ4n) is 3.32. The molecule has 2 fully saturated rings. The normalized spacial score (nSPS) is 16.1. The molecule has 2 aliphatic carbocycles. The summed E-state index contributed by atoms with van der Waals surface area (Å²) in [5.41, 5.74) is -0.841. The molecule has 0 amide bonds. The number of nitrogens with one attached hydrogen (secondary N) is 1. The molecule has 0 radical (unpaired) electrons. The predicted octanol–water partition coefficient (Wildman–Crippen LogP) is 1.17. The van der Waals surface area contributed by atoms with Crippen LogP contribution in [0.2, 0.25) is 0 Å². The van der Waals surface area contributed by atoms with Crippen LogP contribution in [0.25, 0.3) is 12.4 Å². The molecule has 192 valence electrons. The molecule has 15 heteroatoms. The zero-order valence-electron chi connectivity index (χ0n) is 19.6. The van der Waals surface area contributed by atoms with Gasteiger partial charge in [0.1, 0.15) is 0 Å². The van der Waals surface area contributed by atoms with Crippen LogP contribution < -0.4 is 11.4 Å². The molecule has 0 aromatic carbocycles. The minimum absolute atomic E-state index is 0.141. The zero-order valence-corrected chi connectivity index (χ0v) is 21.7. The van der Waals surface area contributed by atoms with E-state index in [4.69, 9.17) is 0 Å². The number of esters is 2. The molecule has 2 aliphatic rings. The van der Waals surface area contributed by atoms with Crippen LogP contribution in [-0.4, -0.2) is 70.1 Å². The second-order valence-corrected chi connectivity index (χ2v) is 9.36. The lowest BCUT2D eigenvalue weighted by atomic mass is 10.3. The number of rotatable bonds is 5. The van der Waals surface area contributed by atoms with Crippen LogP contribution in [0, 0.1) is 0 Å². The summed E-state index contributed by atoms with van der Waals surface area (Å²) in [6, 6.07) is 0.141. The first-order valence-electron chi connectivity index (χ1n) is 11.1. The SMILES string of the molecule is COC(=O)/C=C/n1nn[nH]c1=O.COC(=O)/C=C/n1nnn(C2CCCC2)c1=O.IC1CCCC1. The Balaban J connectivity index is 0.000000207. The van der Waals surface area contributed by atoms with Crippen molar-refractivity contribution in [3.8, 4) is 0 Å². The van der Waals surface area contributed by atoms with E-state index in [9.17, 15) is 19.2 Å². The average Bonchev–Trinajstić information content (AvgIpc) is 3.67. The first-order valence-corrected chi connectivity index (χ1v) is 12.3. The van der Waals surface area contributed by atoms with Gasteiger partial charge in [-0.25, -0.2) is 24.3 Å². The number of alkyl halides is 1. The Hall–Kier alpha value is -3.11. The van der Waals surface area contributed by atoms with Gasteiger partial charge in [-0.1, -0.05) is 48.3 Å². The Kier molecular flexibility index (Phi) is 12.1. The topological polar surface area (TPSA) is 169 Å². The highest BCUT2D eigenvalue weighted by atomic mass is 127. The van der Waals surface area contributed by atoms with Crippen molar-refractivity contribution in [2.45, 2.75) is 61.3 Å². The third kappa shape index (κ3) is 9.58. The highest BCUT2D eigenvalue weighted by Crippen LogP contribution is 2.27. The second kappa shape index (κ2) is 15.0. The van der Waals surface area contributed by atoms with Crippen molar-refractivity contribution in [1.82, 2.24) is 40.0 Å². The summed E-state index contributed by atoms with van der Waals surface area (Å²) in [5, 5.41) is 16.1. The third-order valence-electron chi connectivity index (χ3n) is 5.18. The number of aromatic nitrogens is 8. The van der Waals surface area contributed by atoms with E-state index < -0.39 is 17.6 Å². The van der Waals surface area contributed by atoms with E-state index in [-0.39, 0.29) is 11.7 Å². The maximum atomic E-state index is 11.9. The number of tetrazole rings is 2. The van der Waals surface area contributed by atoms with Crippen LogP contribution in [0.1, 0.15) is 57.4 Å². The number of H-pyrrole nitrogens is 1. The first kappa shape index (κ1) is 28.1. The fourth-order valence-corrected chi connectivity index (χ4v) is 4.20. The van der Waals surface area contributed by atoms with Crippen molar-refractivity contribution in [3.63, 3.8) is 0 Å². The van der Waals surface area contributed by atoms with Gasteiger partial charge >= 0.3 is 23.3 Å². The summed E-state index contributed by atoms with van der Waals surface area (Å²) in [4.78, 5) is 44.0. The monoisotopic (exact) mass is 604 g/mol. The molecule has 0 atom stereocenters. The van der Waals surface area contributed by atoms with E-state index in [1.165, 1.54) is 50.8 Å². The van der Waals surface area contributed by atoms with E-state index in [0.29, 0.717) is 0 Å². The Labute approximate surface area is 214 Å². The van der Waals surface area contributed by atoms with Crippen molar-refractivity contribution >= 4 is 46.9 Å².